The van der Waals surface area contributed by atoms with Gasteiger partial charge in [-0.05, 0) is 53.2 Å². The minimum Gasteiger partial charge on any atom is -0.309 e. The Labute approximate surface area is 198 Å². The third kappa shape index (κ3) is 4.32. The van der Waals surface area contributed by atoms with E-state index in [0.717, 1.165) is 52.9 Å². The molecule has 1 fully saturated rings. The molecule has 1 aliphatic carbocycles. The maximum atomic E-state index is 13.2. The van der Waals surface area contributed by atoms with Gasteiger partial charge in [0.2, 0.25) is 5.82 Å². The molecule has 5 rings (SSSR count). The lowest BCUT2D eigenvalue weighted by Gasteiger charge is -2.14. The maximum Gasteiger partial charge on any atom is 0.326 e. The third-order valence-electron chi connectivity index (χ3n) is 6.88. The summed E-state index contributed by atoms with van der Waals surface area (Å²) in [6, 6.07) is 9.99. The van der Waals surface area contributed by atoms with Crippen LogP contribution in [-0.4, -0.2) is 35.2 Å². The molecule has 2 atom stereocenters. The van der Waals surface area contributed by atoms with Crippen molar-refractivity contribution in [3.63, 3.8) is 0 Å². The molecule has 34 heavy (non-hydrogen) atoms. The van der Waals surface area contributed by atoms with Crippen LogP contribution >= 0.6 is 0 Å². The Morgan fingerprint density at radius 3 is 2.71 bits per heavy atom. The summed E-state index contributed by atoms with van der Waals surface area (Å²) in [7, 11) is 0. The van der Waals surface area contributed by atoms with E-state index >= 15 is 0 Å². The second-order valence-electron chi connectivity index (χ2n) is 9.18. The smallest absolute Gasteiger partial charge is 0.309 e. The number of benzene rings is 1. The van der Waals surface area contributed by atoms with Crippen molar-refractivity contribution in [3.8, 4) is 22.5 Å². The number of nitrogens with zero attached hydrogens (tertiary/aromatic N) is 5. The summed E-state index contributed by atoms with van der Waals surface area (Å²) in [5.74, 6) is 1.74. The summed E-state index contributed by atoms with van der Waals surface area (Å²) in [6.07, 6.45) is 10.3. The maximum absolute atomic E-state index is 13.2. The van der Waals surface area contributed by atoms with E-state index in [-0.39, 0.29) is 5.69 Å². The normalized spacial score (nSPS) is 17.2. The van der Waals surface area contributed by atoms with Crippen molar-refractivity contribution in [1.82, 2.24) is 35.2 Å². The zero-order valence-electron chi connectivity index (χ0n) is 19.8. The van der Waals surface area contributed by atoms with E-state index in [2.05, 4.69) is 44.4 Å². The number of aromatic nitrogens is 7. The van der Waals surface area contributed by atoms with Gasteiger partial charge in [0.15, 0.2) is 0 Å². The van der Waals surface area contributed by atoms with E-state index in [4.69, 9.17) is 0 Å². The summed E-state index contributed by atoms with van der Waals surface area (Å²) >= 11 is 0. The number of unbranched alkanes of at least 4 members (excludes halogenated alkanes) is 1. The minimum atomic E-state index is -0.0236. The Balaban J connectivity index is 1.54. The fourth-order valence-corrected chi connectivity index (χ4v) is 5.08. The number of pyridine rings is 1. The second-order valence-corrected chi connectivity index (χ2v) is 9.18. The summed E-state index contributed by atoms with van der Waals surface area (Å²) in [5.41, 5.74) is 6.19. The minimum absolute atomic E-state index is 0.0236. The zero-order chi connectivity index (χ0) is 23.5. The fraction of sp³-hybridized carbons (Fsp3) is 0.423. The van der Waals surface area contributed by atoms with Crippen LogP contribution in [0, 0.1) is 5.92 Å². The number of nitrogens with one attached hydrogen (secondary N) is 2. The molecule has 8 nitrogen and oxygen atoms in total. The van der Waals surface area contributed by atoms with Gasteiger partial charge >= 0.3 is 5.69 Å². The summed E-state index contributed by atoms with van der Waals surface area (Å²) < 4.78 is 1.93. The predicted octanol–water partition coefficient (Wildman–Crippen LogP) is 4.71. The van der Waals surface area contributed by atoms with Gasteiger partial charge in [-0.2, -0.15) is 5.21 Å². The number of imidazole rings is 1. The van der Waals surface area contributed by atoms with Gasteiger partial charge in [0.05, 0.1) is 6.54 Å². The average molecular weight is 458 g/mol. The molecule has 8 heteroatoms. The Bertz CT molecular complexity index is 1300. The zero-order valence-corrected chi connectivity index (χ0v) is 19.8. The first-order chi connectivity index (χ1) is 16.7. The highest BCUT2D eigenvalue weighted by atomic mass is 16.1. The summed E-state index contributed by atoms with van der Waals surface area (Å²) in [5, 5.41) is 14.6. The van der Waals surface area contributed by atoms with Crippen LogP contribution in [0.15, 0.2) is 47.5 Å². The number of hydrogen-bond donors (Lipinski definition) is 2. The molecular weight excluding hydrogens is 426 g/mol. The van der Waals surface area contributed by atoms with E-state index < -0.39 is 0 Å². The van der Waals surface area contributed by atoms with Crippen LogP contribution in [0.3, 0.4) is 0 Å². The van der Waals surface area contributed by atoms with E-state index in [1.165, 1.54) is 19.3 Å². The van der Waals surface area contributed by atoms with Gasteiger partial charge in [-0.3, -0.25) is 9.55 Å². The Hall–Kier alpha value is -3.55. The fourth-order valence-electron chi connectivity index (χ4n) is 5.08. The molecule has 176 valence electrons. The van der Waals surface area contributed by atoms with Crippen LogP contribution in [0.4, 0.5) is 0 Å². The van der Waals surface area contributed by atoms with Gasteiger partial charge < -0.3 is 4.98 Å². The van der Waals surface area contributed by atoms with Crippen molar-refractivity contribution in [2.75, 3.05) is 0 Å². The molecule has 1 aromatic carbocycles. The largest absolute Gasteiger partial charge is 0.326 e. The molecule has 0 spiro atoms. The summed E-state index contributed by atoms with van der Waals surface area (Å²) in [6.45, 7) is 4.90. The first kappa shape index (κ1) is 22.3. The van der Waals surface area contributed by atoms with Crippen molar-refractivity contribution in [2.24, 2.45) is 5.92 Å². The Morgan fingerprint density at radius 2 is 1.94 bits per heavy atom. The molecule has 3 heterocycles. The van der Waals surface area contributed by atoms with Gasteiger partial charge in [0.1, 0.15) is 0 Å². The van der Waals surface area contributed by atoms with E-state index in [1.807, 2.05) is 41.1 Å². The molecule has 0 saturated heterocycles. The lowest BCUT2D eigenvalue weighted by atomic mass is 9.96. The third-order valence-corrected chi connectivity index (χ3v) is 6.88. The topological polar surface area (TPSA) is 105 Å². The van der Waals surface area contributed by atoms with Crippen molar-refractivity contribution in [3.05, 3.63) is 70.2 Å². The van der Waals surface area contributed by atoms with Crippen molar-refractivity contribution < 1.29 is 0 Å². The SMILES string of the molecule is CCCCc1c(C2CC2CCC)[nH]c(=O)n1Cc1cnccc1-c1ccccc1-c1nn[nH]n1. The van der Waals surface area contributed by atoms with Crippen LogP contribution < -0.4 is 5.69 Å². The highest BCUT2D eigenvalue weighted by molar-refractivity contribution is 5.81. The first-order valence-electron chi connectivity index (χ1n) is 12.3. The van der Waals surface area contributed by atoms with Gasteiger partial charge in [-0.1, -0.05) is 57.4 Å². The number of tetrazole rings is 1. The van der Waals surface area contributed by atoms with Gasteiger partial charge in [-0.25, -0.2) is 4.79 Å². The van der Waals surface area contributed by atoms with Crippen molar-refractivity contribution in [2.45, 2.75) is 64.8 Å². The van der Waals surface area contributed by atoms with Gasteiger partial charge in [-0.15, -0.1) is 10.2 Å². The van der Waals surface area contributed by atoms with Crippen LogP contribution in [0.5, 0.6) is 0 Å². The van der Waals surface area contributed by atoms with Gasteiger partial charge in [0.25, 0.3) is 0 Å². The lowest BCUT2D eigenvalue weighted by Crippen LogP contribution is -2.20. The van der Waals surface area contributed by atoms with Gasteiger partial charge in [0, 0.05) is 35.3 Å². The highest BCUT2D eigenvalue weighted by Gasteiger charge is 2.40. The van der Waals surface area contributed by atoms with Crippen molar-refractivity contribution in [1.29, 1.82) is 0 Å². The number of rotatable bonds is 10. The Kier molecular flexibility index (Phi) is 6.38. The molecule has 0 radical (unpaired) electrons. The van der Waals surface area contributed by atoms with Crippen LogP contribution in [-0.2, 0) is 13.0 Å². The first-order valence-corrected chi connectivity index (χ1v) is 12.3. The summed E-state index contributed by atoms with van der Waals surface area (Å²) in [4.78, 5) is 20.8. The van der Waals surface area contributed by atoms with Crippen LogP contribution in [0.25, 0.3) is 22.5 Å². The molecule has 1 saturated carbocycles. The van der Waals surface area contributed by atoms with E-state index in [0.29, 0.717) is 24.2 Å². The molecule has 0 amide bonds. The molecule has 4 aromatic rings. The standard InChI is InChI=1S/C26H31N7O/c1-3-5-11-23-24(22-14-17(22)8-4-2)28-26(34)33(23)16-18-15-27-13-12-19(18)20-9-6-7-10-21(20)25-29-31-32-30-25/h6-7,9-10,12-13,15,17,22H,3-5,8,11,14,16H2,1-2H3,(H,28,34)(H,29,30,31,32). The molecule has 3 aromatic heterocycles. The lowest BCUT2D eigenvalue weighted by molar-refractivity contribution is 0.660. The molecule has 0 aliphatic heterocycles. The Morgan fingerprint density at radius 1 is 1.09 bits per heavy atom. The number of hydrogen-bond acceptors (Lipinski definition) is 5. The second kappa shape index (κ2) is 9.75. The molecule has 2 unspecified atom stereocenters. The van der Waals surface area contributed by atoms with E-state index in [1.54, 1.807) is 6.20 Å². The molecule has 1 aliphatic rings. The quantitative estimate of drug-likeness (QED) is 0.359. The van der Waals surface area contributed by atoms with Crippen LogP contribution in [0.2, 0.25) is 0 Å². The molecular formula is C26H31N7O. The van der Waals surface area contributed by atoms with Crippen LogP contribution in [0.1, 0.15) is 68.8 Å². The number of aromatic amines is 2. The monoisotopic (exact) mass is 457 g/mol. The highest BCUT2D eigenvalue weighted by Crippen LogP contribution is 2.50. The molecule has 2 N–H and O–H groups in total. The average Bonchev–Trinajstić information content (AvgIpc) is 3.26. The molecule has 0 bridgehead atoms. The van der Waals surface area contributed by atoms with E-state index in [9.17, 15) is 4.79 Å². The van der Waals surface area contributed by atoms with Crippen molar-refractivity contribution >= 4 is 0 Å². The number of H-pyrrole nitrogens is 2. The predicted molar refractivity (Wildman–Crippen MR) is 131 cm³/mol.